The maximum Gasteiger partial charge on any atom is 0.447 e. The molecule has 1 aliphatic rings. The molecule has 1 aliphatic heterocycles. The molecule has 2 aromatic heterocycles. The van der Waals surface area contributed by atoms with Crippen LogP contribution in [-0.2, 0) is 4.74 Å². The number of likely N-dealkylation sites (tertiary alicyclic amines) is 1. The summed E-state index contributed by atoms with van der Waals surface area (Å²) in [5.74, 6) is 3.97. The zero-order valence-corrected chi connectivity index (χ0v) is 26.2. The predicted octanol–water partition coefficient (Wildman–Crippen LogP) is 6.30. The third-order valence-corrected chi connectivity index (χ3v) is 7.70. The second-order valence-electron chi connectivity index (χ2n) is 11.5. The predicted molar refractivity (Wildman–Crippen MR) is 164 cm³/mol. The molecule has 0 unspecified atom stereocenters. The molecule has 4 rings (SSSR count). The van der Waals surface area contributed by atoms with Crippen molar-refractivity contribution < 1.29 is 36.3 Å². The smallest absolute Gasteiger partial charge is 0.443 e. The van der Waals surface area contributed by atoms with Crippen LogP contribution in [0.4, 0.5) is 38.1 Å². The minimum atomic E-state index is -4.65. The Morgan fingerprint density at radius 2 is 1.91 bits per heavy atom. The molecule has 2 N–H and O–H groups in total. The van der Waals surface area contributed by atoms with E-state index in [0.29, 0.717) is 24.2 Å². The van der Waals surface area contributed by atoms with E-state index in [4.69, 9.17) is 4.74 Å². The van der Waals surface area contributed by atoms with Crippen LogP contribution < -0.4 is 15.5 Å². The molecule has 1 saturated heterocycles. The zero-order valence-electron chi connectivity index (χ0n) is 25.4. The number of hydrogen-bond donors (Lipinski definition) is 2. The summed E-state index contributed by atoms with van der Waals surface area (Å²) < 4.78 is 77.7. The van der Waals surface area contributed by atoms with Gasteiger partial charge in [0.25, 0.3) is 5.91 Å². The number of nitrogens with zero attached hydrogens (tertiary/aromatic N) is 3. The van der Waals surface area contributed by atoms with Crippen molar-refractivity contribution in [1.82, 2.24) is 14.6 Å². The van der Waals surface area contributed by atoms with Crippen LogP contribution in [0.1, 0.15) is 43.1 Å². The van der Waals surface area contributed by atoms with E-state index in [1.165, 1.54) is 35.8 Å². The van der Waals surface area contributed by atoms with E-state index < -0.39 is 47.7 Å². The largest absolute Gasteiger partial charge is 0.447 e. The monoisotopic (exact) mass is 651 g/mol. The van der Waals surface area contributed by atoms with E-state index in [9.17, 15) is 27.2 Å². The number of carbonyl (C=O) groups excluding carboxylic acids is 2. The van der Waals surface area contributed by atoms with E-state index in [2.05, 4.69) is 22.5 Å². The number of ether oxygens (including phenoxy) is 1. The SMILES string of the molecule is CNC(=O)c1ccc(N(CC#Cc2cc3c(N[C@@H]4CCN(C)C[C@@H]4F)cccn3c2SC(F)(F)F)C(=O)OC(C)(C)C)c(F)c1. The Labute approximate surface area is 262 Å². The Kier molecular flexibility index (Phi) is 10.2. The van der Waals surface area contributed by atoms with Gasteiger partial charge < -0.3 is 24.7 Å². The van der Waals surface area contributed by atoms with Crippen LogP contribution in [0.25, 0.3) is 5.52 Å². The van der Waals surface area contributed by atoms with Crippen molar-refractivity contribution in [3.8, 4) is 11.8 Å². The molecule has 1 fully saturated rings. The Morgan fingerprint density at radius 1 is 1.18 bits per heavy atom. The fraction of sp³-hybridized carbons (Fsp3) is 0.419. The number of amides is 2. The van der Waals surface area contributed by atoms with Crippen LogP contribution in [0.15, 0.2) is 47.6 Å². The normalized spacial score (nSPS) is 17.4. The first-order chi connectivity index (χ1) is 21.1. The number of thioether (sulfide) groups is 1. The zero-order chi connectivity index (χ0) is 33.1. The number of pyridine rings is 1. The number of piperidine rings is 1. The number of fused-ring (bicyclic) bond motifs is 1. The van der Waals surface area contributed by atoms with Gasteiger partial charge in [-0.25, -0.2) is 13.6 Å². The van der Waals surface area contributed by atoms with Gasteiger partial charge in [0.05, 0.1) is 35.0 Å². The van der Waals surface area contributed by atoms with Gasteiger partial charge in [-0.05, 0) is 70.6 Å². The van der Waals surface area contributed by atoms with Gasteiger partial charge >= 0.3 is 11.6 Å². The number of carbonyl (C=O) groups is 2. The van der Waals surface area contributed by atoms with Gasteiger partial charge in [0.15, 0.2) is 0 Å². The molecule has 0 spiro atoms. The first-order valence-corrected chi connectivity index (χ1v) is 14.9. The Morgan fingerprint density at radius 3 is 2.53 bits per heavy atom. The molecule has 0 aliphatic carbocycles. The fourth-order valence-electron chi connectivity index (χ4n) is 4.81. The van der Waals surface area contributed by atoms with Crippen LogP contribution in [0, 0.1) is 17.7 Å². The molecule has 242 valence electrons. The van der Waals surface area contributed by atoms with Gasteiger partial charge in [-0.3, -0.25) is 9.69 Å². The van der Waals surface area contributed by atoms with E-state index in [1.54, 1.807) is 32.9 Å². The van der Waals surface area contributed by atoms with Crippen molar-refractivity contribution in [3.63, 3.8) is 0 Å². The fourth-order valence-corrected chi connectivity index (χ4v) is 5.50. The molecule has 14 heteroatoms. The van der Waals surface area contributed by atoms with Gasteiger partial charge in [0, 0.05) is 43.7 Å². The Balaban J connectivity index is 1.72. The number of hydrogen-bond acceptors (Lipinski definition) is 6. The van der Waals surface area contributed by atoms with Gasteiger partial charge in [-0.2, -0.15) is 13.2 Å². The van der Waals surface area contributed by atoms with Gasteiger partial charge in [-0.15, -0.1) is 0 Å². The molecule has 0 radical (unpaired) electrons. The Bertz CT molecular complexity index is 1630. The number of benzene rings is 1. The van der Waals surface area contributed by atoms with E-state index >= 15 is 4.39 Å². The van der Waals surface area contributed by atoms with Gasteiger partial charge in [-0.1, -0.05) is 11.8 Å². The summed E-state index contributed by atoms with van der Waals surface area (Å²) in [4.78, 5) is 27.8. The first kappa shape index (κ1) is 33.9. The third kappa shape index (κ3) is 8.61. The number of anilines is 2. The maximum absolute atomic E-state index is 15.2. The minimum absolute atomic E-state index is 0.00586. The highest BCUT2D eigenvalue weighted by Crippen LogP contribution is 2.41. The number of halogens is 5. The number of alkyl halides is 4. The lowest BCUT2D eigenvalue weighted by atomic mass is 10.0. The Hall–Kier alpha value is -3.96. The maximum atomic E-state index is 15.2. The summed E-state index contributed by atoms with van der Waals surface area (Å²) in [5.41, 5.74) is -5.00. The molecule has 0 bridgehead atoms. The first-order valence-electron chi connectivity index (χ1n) is 14.1. The van der Waals surface area contributed by atoms with Crippen molar-refractivity contribution in [3.05, 3.63) is 59.5 Å². The second kappa shape index (κ2) is 13.6. The summed E-state index contributed by atoms with van der Waals surface area (Å²) in [6.45, 7) is 5.31. The van der Waals surface area contributed by atoms with E-state index in [-0.39, 0.29) is 40.1 Å². The molecule has 1 aromatic carbocycles. The lowest BCUT2D eigenvalue weighted by Crippen LogP contribution is -2.46. The van der Waals surface area contributed by atoms with Crippen LogP contribution >= 0.6 is 11.8 Å². The number of rotatable bonds is 6. The van der Waals surface area contributed by atoms with Crippen molar-refractivity contribution in [2.24, 2.45) is 0 Å². The minimum Gasteiger partial charge on any atom is -0.443 e. The van der Waals surface area contributed by atoms with Crippen LogP contribution in [0.2, 0.25) is 0 Å². The van der Waals surface area contributed by atoms with Crippen molar-refractivity contribution >= 4 is 40.7 Å². The summed E-state index contributed by atoms with van der Waals surface area (Å²) in [5, 5.41) is 5.31. The molecule has 2 amide bonds. The van der Waals surface area contributed by atoms with Crippen LogP contribution in [-0.4, -0.2) is 78.4 Å². The molecular weight excluding hydrogens is 617 g/mol. The molecule has 3 heterocycles. The van der Waals surface area contributed by atoms with Gasteiger partial charge in [0.2, 0.25) is 0 Å². The molecule has 0 saturated carbocycles. The average molecular weight is 652 g/mol. The lowest BCUT2D eigenvalue weighted by molar-refractivity contribution is -0.0330. The van der Waals surface area contributed by atoms with Gasteiger partial charge in [0.1, 0.15) is 22.6 Å². The second-order valence-corrected chi connectivity index (χ2v) is 12.6. The summed E-state index contributed by atoms with van der Waals surface area (Å²) in [7, 11) is 3.21. The van der Waals surface area contributed by atoms with Crippen molar-refractivity contribution in [1.29, 1.82) is 0 Å². The van der Waals surface area contributed by atoms with Crippen molar-refractivity contribution in [2.75, 3.05) is 43.9 Å². The summed E-state index contributed by atoms with van der Waals surface area (Å²) in [6.07, 6.45) is -0.151. The summed E-state index contributed by atoms with van der Waals surface area (Å²) in [6, 6.07) is 7.66. The quantitative estimate of drug-likeness (QED) is 0.185. The highest BCUT2D eigenvalue weighted by Gasteiger charge is 2.33. The molecule has 2 atom stereocenters. The molecule has 45 heavy (non-hydrogen) atoms. The molecular formula is C31H34F5N5O3S. The van der Waals surface area contributed by atoms with Crippen molar-refractivity contribution in [2.45, 2.75) is 55.5 Å². The third-order valence-electron chi connectivity index (χ3n) is 6.86. The number of nitrogens with one attached hydrogen (secondary N) is 2. The summed E-state index contributed by atoms with van der Waals surface area (Å²) >= 11 is -0.354. The van der Waals surface area contributed by atoms with E-state index in [1.807, 2.05) is 11.9 Å². The topological polar surface area (TPSA) is 78.3 Å². The number of aromatic nitrogens is 1. The molecule has 3 aromatic rings. The lowest BCUT2D eigenvalue weighted by Gasteiger charge is -2.33. The standard InChI is InChI=1S/C31H34F5N5O3S/c1-30(2,3)44-29(43)41(25-11-10-19(16-21(25)32)27(42)37-4)14-6-8-20-17-26-24(38-23-12-15-39(5)18-22(23)33)9-7-13-40(26)28(20)45-31(34,35)36/h7,9-11,13,16-17,22-23,38H,12,14-15,18H2,1-5H3,(H,37,42)/t22-,23+/m0/s1. The van der Waals surface area contributed by atoms with Crippen LogP contribution in [0.3, 0.4) is 0 Å². The van der Waals surface area contributed by atoms with E-state index in [0.717, 1.165) is 11.0 Å². The van der Waals surface area contributed by atoms with Crippen LogP contribution in [0.5, 0.6) is 0 Å². The highest BCUT2D eigenvalue weighted by molar-refractivity contribution is 8.00. The highest BCUT2D eigenvalue weighted by atomic mass is 32.2. The molecule has 8 nitrogen and oxygen atoms in total. The average Bonchev–Trinajstić information content (AvgIpc) is 3.28.